The van der Waals surface area contributed by atoms with Crippen LogP contribution in [0.4, 0.5) is 28.4 Å². The Morgan fingerprint density at radius 1 is 0.525 bits per heavy atom. The van der Waals surface area contributed by atoms with Gasteiger partial charge in [0.05, 0.1) is 0 Å². The first kappa shape index (κ1) is 38.9. The lowest BCUT2D eigenvalue weighted by Gasteiger charge is -2.28. The van der Waals surface area contributed by atoms with Crippen molar-refractivity contribution in [3.63, 3.8) is 0 Å². The number of hydrogen-bond acceptors (Lipinski definition) is 2. The minimum atomic E-state index is 0.775. The number of anilines is 5. The average Bonchev–Trinajstić information content (AvgIpc) is 3.29. The molecule has 0 spiro atoms. The van der Waals surface area contributed by atoms with Crippen molar-refractivity contribution in [2.45, 2.75) is 47.0 Å². The van der Waals surface area contributed by atoms with Gasteiger partial charge in [0.2, 0.25) is 0 Å². The van der Waals surface area contributed by atoms with Crippen LogP contribution in [0.5, 0.6) is 0 Å². The van der Waals surface area contributed by atoms with E-state index in [1.165, 1.54) is 60.5 Å². The van der Waals surface area contributed by atoms with Crippen molar-refractivity contribution < 1.29 is 0 Å². The van der Waals surface area contributed by atoms with Gasteiger partial charge in [0.15, 0.2) is 0 Å². The Morgan fingerprint density at radius 3 is 1.68 bits per heavy atom. The zero-order chi connectivity index (χ0) is 40.7. The summed E-state index contributed by atoms with van der Waals surface area (Å²) in [6.45, 7) is 13.1. The van der Waals surface area contributed by atoms with Crippen molar-refractivity contribution in [3.05, 3.63) is 256 Å². The second-order valence-corrected chi connectivity index (χ2v) is 15.4. The third kappa shape index (κ3) is 8.40. The van der Waals surface area contributed by atoms with E-state index in [0.717, 1.165) is 53.4 Å². The number of nitrogens with zero attached hydrogens (tertiary/aromatic N) is 2. The molecule has 0 heterocycles. The van der Waals surface area contributed by atoms with Crippen molar-refractivity contribution in [2.24, 2.45) is 0 Å². The molecule has 1 aliphatic rings. The highest BCUT2D eigenvalue weighted by atomic mass is 15.1. The van der Waals surface area contributed by atoms with Gasteiger partial charge in [-0.2, -0.15) is 0 Å². The van der Waals surface area contributed by atoms with Crippen LogP contribution in [0.1, 0.15) is 53.6 Å². The van der Waals surface area contributed by atoms with Crippen LogP contribution < -0.4 is 20.2 Å². The Hall–Kier alpha value is -6.90. The molecule has 0 bridgehead atoms. The van der Waals surface area contributed by atoms with Crippen molar-refractivity contribution >= 4 is 39.6 Å². The first-order valence-corrected chi connectivity index (χ1v) is 20.9. The van der Waals surface area contributed by atoms with E-state index in [2.05, 4.69) is 232 Å². The van der Waals surface area contributed by atoms with Crippen LogP contribution >= 0.6 is 0 Å². The lowest BCUT2D eigenvalue weighted by atomic mass is 9.82. The van der Waals surface area contributed by atoms with Crippen molar-refractivity contribution in [1.29, 1.82) is 0 Å². The van der Waals surface area contributed by atoms with Crippen LogP contribution in [0, 0.1) is 13.8 Å². The molecular weight excluding hydrogens is 713 g/mol. The molecule has 290 valence electrons. The van der Waals surface area contributed by atoms with Crippen LogP contribution in [-0.4, -0.2) is 0 Å². The molecule has 1 aliphatic carbocycles. The maximum Gasteiger partial charge on any atom is 0.0468 e. The van der Waals surface area contributed by atoms with E-state index in [0.29, 0.717) is 0 Å². The number of fused-ring (bicyclic) bond motifs is 1. The fourth-order valence-corrected chi connectivity index (χ4v) is 8.21. The van der Waals surface area contributed by atoms with E-state index in [1.807, 2.05) is 6.08 Å². The van der Waals surface area contributed by atoms with E-state index in [9.17, 15) is 0 Å². The molecule has 2 nitrogen and oxygen atoms in total. The predicted octanol–water partition coefficient (Wildman–Crippen LogP) is 13.5. The molecule has 0 amide bonds. The van der Waals surface area contributed by atoms with E-state index in [-0.39, 0.29) is 0 Å². The molecule has 0 saturated carbocycles. The molecule has 7 aromatic carbocycles. The highest BCUT2D eigenvalue weighted by molar-refractivity contribution is 5.88. The largest absolute Gasteiger partial charge is 0.311 e. The number of benzene rings is 7. The van der Waals surface area contributed by atoms with Gasteiger partial charge in [0.1, 0.15) is 0 Å². The maximum atomic E-state index is 4.38. The molecule has 0 aliphatic heterocycles. The highest BCUT2D eigenvalue weighted by Crippen LogP contribution is 2.37. The van der Waals surface area contributed by atoms with Crippen LogP contribution in [0.25, 0.3) is 11.1 Å². The van der Waals surface area contributed by atoms with Gasteiger partial charge in [-0.1, -0.05) is 153 Å². The van der Waals surface area contributed by atoms with Gasteiger partial charge in [0.25, 0.3) is 0 Å². The summed E-state index contributed by atoms with van der Waals surface area (Å²) in [5, 5.41) is 2.47. The van der Waals surface area contributed by atoms with Crippen LogP contribution in [0.3, 0.4) is 0 Å². The zero-order valence-electron chi connectivity index (χ0n) is 34.7. The Bertz CT molecular complexity index is 2770. The van der Waals surface area contributed by atoms with Gasteiger partial charge in [0, 0.05) is 34.1 Å². The highest BCUT2D eigenvalue weighted by Gasteiger charge is 2.22. The SMILES string of the molecule is C=C/C(=C\C=C1/CC(c2ccccc2)=c2ccc(N(c3ccc(C)cc3)c3cccc(CC)c3)cc2=C1c1ccccc1)N(c1ccc(C)cc1)c1cccc(CC)c1. The van der Waals surface area contributed by atoms with E-state index in [1.54, 1.807) is 0 Å². The summed E-state index contributed by atoms with van der Waals surface area (Å²) in [6, 6.07) is 64.3. The summed E-state index contributed by atoms with van der Waals surface area (Å²) in [4.78, 5) is 4.73. The average molecular weight is 765 g/mol. The van der Waals surface area contributed by atoms with Gasteiger partial charge in [-0.25, -0.2) is 0 Å². The molecule has 0 unspecified atom stereocenters. The minimum Gasteiger partial charge on any atom is -0.311 e. The predicted molar refractivity (Wildman–Crippen MR) is 253 cm³/mol. The number of hydrogen-bond donors (Lipinski definition) is 0. The standard InChI is InChI=1S/C57H52N2/c1-6-43-17-15-23-51(37-43)58(49-30-25-41(4)26-31-49)48(8-3)34-29-47-39-55(45-19-11-9-12-20-45)54-36-35-53(40-56(54)57(47)46-21-13-10-14-22-46)59(50-32-27-42(5)28-33-50)52-24-16-18-44(7-2)38-52/h8-38,40H,3,6-7,39H2,1-2,4-5H3/b47-29+,48-34+. The second-order valence-electron chi connectivity index (χ2n) is 15.4. The summed E-state index contributed by atoms with van der Waals surface area (Å²) < 4.78 is 0. The summed E-state index contributed by atoms with van der Waals surface area (Å²) in [6.07, 6.45) is 9.30. The Kier molecular flexibility index (Phi) is 11.7. The molecular formula is C57H52N2. The molecule has 0 atom stereocenters. The fourth-order valence-electron chi connectivity index (χ4n) is 8.21. The third-order valence-corrected chi connectivity index (χ3v) is 11.4. The molecule has 8 rings (SSSR count). The summed E-state index contributed by atoms with van der Waals surface area (Å²) >= 11 is 0. The van der Waals surface area contributed by atoms with E-state index < -0.39 is 0 Å². The summed E-state index contributed by atoms with van der Waals surface area (Å²) in [5.74, 6) is 0. The van der Waals surface area contributed by atoms with E-state index >= 15 is 0 Å². The minimum absolute atomic E-state index is 0.775. The molecule has 0 radical (unpaired) electrons. The van der Waals surface area contributed by atoms with Gasteiger partial charge >= 0.3 is 0 Å². The first-order chi connectivity index (χ1) is 28.9. The quantitative estimate of drug-likeness (QED) is 0.114. The second kappa shape index (κ2) is 17.7. The van der Waals surface area contributed by atoms with Crippen molar-refractivity contribution in [3.8, 4) is 0 Å². The molecule has 2 heteroatoms. The maximum absolute atomic E-state index is 4.38. The Morgan fingerprint density at radius 2 is 1.07 bits per heavy atom. The van der Waals surface area contributed by atoms with Gasteiger partial charge in [-0.05, 0) is 155 Å². The number of allylic oxidation sites excluding steroid dienone is 4. The Labute approximate surface area is 350 Å². The van der Waals surface area contributed by atoms with E-state index in [4.69, 9.17) is 0 Å². The zero-order valence-corrected chi connectivity index (χ0v) is 34.7. The molecule has 0 saturated heterocycles. The van der Waals surface area contributed by atoms with Crippen LogP contribution in [-0.2, 0) is 12.8 Å². The van der Waals surface area contributed by atoms with Gasteiger partial charge in [-0.3, -0.25) is 0 Å². The molecule has 7 aromatic rings. The number of aryl methyl sites for hydroxylation is 4. The lowest BCUT2D eigenvalue weighted by Crippen LogP contribution is -2.34. The normalized spacial score (nSPS) is 13.3. The van der Waals surface area contributed by atoms with Crippen LogP contribution in [0.15, 0.2) is 212 Å². The summed E-state index contributed by atoms with van der Waals surface area (Å²) in [7, 11) is 0. The first-order valence-electron chi connectivity index (χ1n) is 20.9. The number of rotatable bonds is 12. The molecule has 59 heavy (non-hydrogen) atoms. The molecule has 0 aromatic heterocycles. The molecule has 0 N–H and O–H groups in total. The van der Waals surface area contributed by atoms with Gasteiger partial charge in [-0.15, -0.1) is 0 Å². The molecule has 0 fully saturated rings. The van der Waals surface area contributed by atoms with Crippen LogP contribution in [0.2, 0.25) is 0 Å². The lowest BCUT2D eigenvalue weighted by molar-refractivity contribution is 1.12. The fraction of sp³-hybridized carbons (Fsp3) is 0.123. The third-order valence-electron chi connectivity index (χ3n) is 11.4. The topological polar surface area (TPSA) is 6.48 Å². The van der Waals surface area contributed by atoms with Crippen molar-refractivity contribution in [1.82, 2.24) is 0 Å². The summed E-state index contributed by atoms with van der Waals surface area (Å²) in [5.41, 5.74) is 17.9. The van der Waals surface area contributed by atoms with Crippen molar-refractivity contribution in [2.75, 3.05) is 9.80 Å². The smallest absolute Gasteiger partial charge is 0.0468 e. The Balaban J connectivity index is 1.40. The van der Waals surface area contributed by atoms with Gasteiger partial charge < -0.3 is 9.80 Å². The monoisotopic (exact) mass is 764 g/mol.